The number of alkyl halides is 2. The second-order valence-corrected chi connectivity index (χ2v) is 9.78. The van der Waals surface area contributed by atoms with Crippen LogP contribution in [0.1, 0.15) is 17.4 Å². The van der Waals surface area contributed by atoms with Gasteiger partial charge in [0.2, 0.25) is 0 Å². The van der Waals surface area contributed by atoms with Crippen LogP contribution in [0.25, 0.3) is 22.2 Å². The van der Waals surface area contributed by atoms with Gasteiger partial charge >= 0.3 is 6.61 Å². The zero-order valence-corrected chi connectivity index (χ0v) is 18.4. The molecule has 1 atom stereocenters. The molecular weight excluding hydrogens is 450 g/mol. The summed E-state index contributed by atoms with van der Waals surface area (Å²) in [5.41, 5.74) is 3.84. The Labute approximate surface area is 189 Å². The summed E-state index contributed by atoms with van der Waals surface area (Å²) < 4.78 is 56.2. The maximum absolute atomic E-state index is 13.0. The molecule has 4 aromatic rings. The average molecular weight is 471 g/mol. The molecule has 2 aromatic heterocycles. The molecule has 0 amide bonds. The highest BCUT2D eigenvalue weighted by atomic mass is 32.2. The van der Waals surface area contributed by atoms with E-state index < -0.39 is 16.4 Å². The molecule has 0 aliphatic carbocycles. The molecule has 0 bridgehead atoms. The van der Waals surface area contributed by atoms with Gasteiger partial charge in [0.05, 0.1) is 23.6 Å². The van der Waals surface area contributed by atoms with Gasteiger partial charge in [-0.25, -0.2) is 18.4 Å². The summed E-state index contributed by atoms with van der Waals surface area (Å²) in [6, 6.07) is 15.4. The minimum absolute atomic E-state index is 0.0100. The lowest BCUT2D eigenvalue weighted by Crippen LogP contribution is -2.34. The fraction of sp³-hybridized carbons (Fsp3) is 0.217. The number of fused-ring (bicyclic) bond motifs is 3. The molecular formula is C23H20F2N4O3S. The summed E-state index contributed by atoms with van der Waals surface area (Å²) in [4.78, 5) is 8.79. The third-order valence-corrected chi connectivity index (χ3v) is 6.64. The van der Waals surface area contributed by atoms with Crippen LogP contribution < -0.4 is 10.1 Å². The third-order valence-electron chi connectivity index (χ3n) is 5.64. The van der Waals surface area contributed by atoms with E-state index in [-0.39, 0.29) is 16.8 Å². The predicted octanol–water partition coefficient (Wildman–Crippen LogP) is 3.80. The number of pyridine rings is 1. The SMILES string of the molecule is CS(=O)(=O)c1ccc(-c2ccc3nc4n(c3c2)C(c2ccccc2OC(F)F)CNC4)cn1. The molecule has 0 saturated heterocycles. The van der Waals surface area contributed by atoms with Crippen LogP contribution in [0.5, 0.6) is 5.75 Å². The van der Waals surface area contributed by atoms with E-state index in [9.17, 15) is 17.2 Å². The molecule has 7 nitrogen and oxygen atoms in total. The normalized spacial score (nSPS) is 16.2. The van der Waals surface area contributed by atoms with Crippen molar-refractivity contribution in [3.05, 3.63) is 72.2 Å². The second kappa shape index (κ2) is 8.20. The largest absolute Gasteiger partial charge is 0.434 e. The highest BCUT2D eigenvalue weighted by Crippen LogP contribution is 2.35. The summed E-state index contributed by atoms with van der Waals surface area (Å²) in [7, 11) is -3.39. The van der Waals surface area contributed by atoms with E-state index in [0.29, 0.717) is 18.7 Å². The van der Waals surface area contributed by atoms with Gasteiger partial charge in [-0.2, -0.15) is 8.78 Å². The van der Waals surface area contributed by atoms with Crippen molar-refractivity contribution < 1.29 is 21.9 Å². The number of nitrogens with zero attached hydrogens (tertiary/aromatic N) is 3. The van der Waals surface area contributed by atoms with Crippen LogP contribution in [0.4, 0.5) is 8.78 Å². The lowest BCUT2D eigenvalue weighted by Gasteiger charge is -2.28. The minimum atomic E-state index is -3.39. The lowest BCUT2D eigenvalue weighted by atomic mass is 10.0. The maximum Gasteiger partial charge on any atom is 0.387 e. The fourth-order valence-electron chi connectivity index (χ4n) is 4.19. The van der Waals surface area contributed by atoms with Crippen molar-refractivity contribution in [3.63, 3.8) is 0 Å². The van der Waals surface area contributed by atoms with Gasteiger partial charge in [-0.1, -0.05) is 24.3 Å². The Kier molecular flexibility index (Phi) is 5.34. The Hall–Kier alpha value is -3.37. The van der Waals surface area contributed by atoms with E-state index in [4.69, 9.17) is 9.72 Å². The number of nitrogens with one attached hydrogen (secondary N) is 1. The first kappa shape index (κ1) is 21.5. The maximum atomic E-state index is 13.0. The molecule has 0 fully saturated rings. The van der Waals surface area contributed by atoms with E-state index in [2.05, 4.69) is 10.3 Å². The van der Waals surface area contributed by atoms with Gasteiger partial charge in [0.15, 0.2) is 14.9 Å². The Bertz CT molecular complexity index is 1440. The Morgan fingerprint density at radius 2 is 1.91 bits per heavy atom. The van der Waals surface area contributed by atoms with Crippen molar-refractivity contribution in [2.75, 3.05) is 12.8 Å². The van der Waals surface area contributed by atoms with E-state index in [0.717, 1.165) is 34.2 Å². The second-order valence-electron chi connectivity index (χ2n) is 7.82. The highest BCUT2D eigenvalue weighted by molar-refractivity contribution is 7.90. The van der Waals surface area contributed by atoms with Gasteiger partial charge in [0.25, 0.3) is 0 Å². The van der Waals surface area contributed by atoms with Crippen molar-refractivity contribution >= 4 is 20.9 Å². The van der Waals surface area contributed by atoms with Crippen LogP contribution in [0.3, 0.4) is 0 Å². The Balaban J connectivity index is 1.61. The molecule has 33 heavy (non-hydrogen) atoms. The number of halogens is 2. The number of benzene rings is 2. The van der Waals surface area contributed by atoms with Crippen LogP contribution in [0, 0.1) is 0 Å². The number of rotatable bonds is 5. The molecule has 0 saturated carbocycles. The minimum Gasteiger partial charge on any atom is -0.434 e. The summed E-state index contributed by atoms with van der Waals surface area (Å²) >= 11 is 0. The topological polar surface area (TPSA) is 86.1 Å². The summed E-state index contributed by atoms with van der Waals surface area (Å²) in [5, 5.41) is 3.31. The molecule has 5 rings (SSSR count). The monoisotopic (exact) mass is 470 g/mol. The zero-order valence-electron chi connectivity index (χ0n) is 17.6. The molecule has 1 N–H and O–H groups in total. The number of imidazole rings is 1. The zero-order chi connectivity index (χ0) is 23.2. The van der Waals surface area contributed by atoms with Crippen molar-refractivity contribution in [2.45, 2.75) is 24.2 Å². The molecule has 170 valence electrons. The van der Waals surface area contributed by atoms with E-state index in [1.165, 1.54) is 18.3 Å². The van der Waals surface area contributed by atoms with Crippen LogP contribution in [-0.4, -0.2) is 42.4 Å². The molecule has 1 unspecified atom stereocenters. The first-order valence-electron chi connectivity index (χ1n) is 10.2. The number of ether oxygens (including phenoxy) is 1. The molecule has 10 heteroatoms. The summed E-state index contributed by atoms with van der Waals surface area (Å²) in [5.74, 6) is 0.918. The van der Waals surface area contributed by atoms with E-state index >= 15 is 0 Å². The van der Waals surface area contributed by atoms with Gasteiger partial charge < -0.3 is 14.6 Å². The van der Waals surface area contributed by atoms with Crippen LogP contribution >= 0.6 is 0 Å². The molecule has 1 aliphatic heterocycles. The van der Waals surface area contributed by atoms with Gasteiger partial charge in [0.1, 0.15) is 11.6 Å². The summed E-state index contributed by atoms with van der Waals surface area (Å²) in [6.45, 7) is -1.85. The van der Waals surface area contributed by atoms with Crippen LogP contribution in [0.15, 0.2) is 65.8 Å². The van der Waals surface area contributed by atoms with Crippen molar-refractivity contribution in [1.82, 2.24) is 19.9 Å². The van der Waals surface area contributed by atoms with Crippen molar-refractivity contribution in [2.24, 2.45) is 0 Å². The van der Waals surface area contributed by atoms with Crippen LogP contribution in [0.2, 0.25) is 0 Å². The Morgan fingerprint density at radius 1 is 1.12 bits per heavy atom. The molecule has 3 heterocycles. The van der Waals surface area contributed by atoms with E-state index in [1.807, 2.05) is 22.8 Å². The van der Waals surface area contributed by atoms with Gasteiger partial charge in [-0.05, 0) is 35.9 Å². The first-order valence-corrected chi connectivity index (χ1v) is 12.1. The molecule has 0 spiro atoms. The lowest BCUT2D eigenvalue weighted by molar-refractivity contribution is -0.0507. The third kappa shape index (κ3) is 4.07. The first-order chi connectivity index (χ1) is 15.8. The van der Waals surface area contributed by atoms with Crippen molar-refractivity contribution in [3.8, 4) is 16.9 Å². The van der Waals surface area contributed by atoms with Crippen molar-refractivity contribution in [1.29, 1.82) is 0 Å². The standard InChI is InChI=1S/C23H20F2N4O3S/c1-33(30,31)22-9-7-15(11-27-22)14-6-8-17-18(10-14)29-19(12-26-13-21(29)28-17)16-4-2-3-5-20(16)32-23(24)25/h2-11,19,23,26H,12-13H2,1H3. The van der Waals surface area contributed by atoms with Gasteiger partial charge in [0, 0.05) is 30.1 Å². The highest BCUT2D eigenvalue weighted by Gasteiger charge is 2.27. The smallest absolute Gasteiger partial charge is 0.387 e. The predicted molar refractivity (Wildman–Crippen MR) is 119 cm³/mol. The molecule has 0 radical (unpaired) electrons. The van der Waals surface area contributed by atoms with Gasteiger partial charge in [-0.15, -0.1) is 0 Å². The number of hydrogen-bond donors (Lipinski definition) is 1. The fourth-order valence-corrected chi connectivity index (χ4v) is 4.74. The van der Waals surface area contributed by atoms with E-state index in [1.54, 1.807) is 24.3 Å². The number of hydrogen-bond acceptors (Lipinski definition) is 6. The average Bonchev–Trinajstić information content (AvgIpc) is 3.17. The quantitative estimate of drug-likeness (QED) is 0.478. The number of sulfone groups is 1. The van der Waals surface area contributed by atoms with Crippen LogP contribution in [-0.2, 0) is 16.4 Å². The summed E-state index contributed by atoms with van der Waals surface area (Å²) in [6.07, 6.45) is 2.64. The van der Waals surface area contributed by atoms with Gasteiger partial charge in [-0.3, -0.25) is 0 Å². The number of aromatic nitrogens is 3. The number of para-hydroxylation sites is 1. The Morgan fingerprint density at radius 3 is 2.64 bits per heavy atom. The molecule has 2 aromatic carbocycles. The molecule has 1 aliphatic rings.